The van der Waals surface area contributed by atoms with Crippen molar-refractivity contribution in [1.82, 2.24) is 19.9 Å². The number of hydrogen-bond acceptors (Lipinski definition) is 7. The molecule has 3 aromatic rings. The molecule has 1 atom stereocenters. The second-order valence-corrected chi connectivity index (χ2v) is 7.07. The lowest BCUT2D eigenvalue weighted by molar-refractivity contribution is 0.593. The first kappa shape index (κ1) is 15.3. The molecule has 0 radical (unpaired) electrons. The molecule has 0 aliphatic carbocycles. The number of aromatic nitrogens is 4. The average Bonchev–Trinajstić information content (AvgIpc) is 2.54. The predicted octanol–water partition coefficient (Wildman–Crippen LogP) is 2.00. The van der Waals surface area contributed by atoms with Crippen molar-refractivity contribution in [2.75, 3.05) is 11.6 Å². The van der Waals surface area contributed by atoms with Crippen LogP contribution in [-0.4, -0.2) is 34.6 Å². The number of nitrogens with one attached hydrogen (secondary N) is 1. The van der Waals surface area contributed by atoms with E-state index < -0.39 is 9.84 Å². The van der Waals surface area contributed by atoms with E-state index in [9.17, 15) is 8.42 Å². The number of sulfone groups is 1. The number of hydrogen-bond donors (Lipinski definition) is 1. The van der Waals surface area contributed by atoms with Crippen LogP contribution in [0, 0.1) is 0 Å². The number of fused-ring (bicyclic) bond motifs is 1. The third-order valence-corrected chi connectivity index (χ3v) is 4.20. The highest BCUT2D eigenvalue weighted by Gasteiger charge is 2.15. The van der Waals surface area contributed by atoms with Crippen molar-refractivity contribution in [1.29, 1.82) is 0 Å². The first-order chi connectivity index (χ1) is 10.9. The molecule has 118 valence electrons. The molecule has 0 fully saturated rings. The van der Waals surface area contributed by atoms with Crippen LogP contribution >= 0.6 is 0 Å². The lowest BCUT2D eigenvalue weighted by Crippen LogP contribution is -2.10. The minimum Gasteiger partial charge on any atom is -0.362 e. The molecular formula is C15H15N5O2S. The predicted molar refractivity (Wildman–Crippen MR) is 86.7 cm³/mol. The Morgan fingerprint density at radius 3 is 2.52 bits per heavy atom. The molecule has 0 bridgehead atoms. The van der Waals surface area contributed by atoms with E-state index in [0.717, 1.165) is 11.8 Å². The van der Waals surface area contributed by atoms with Gasteiger partial charge in [-0.2, -0.15) is 0 Å². The van der Waals surface area contributed by atoms with Crippen LogP contribution in [0.15, 0.2) is 48.0 Å². The molecule has 2 aromatic heterocycles. The standard InChI is InChI=1S/C15H15N5O2S/c1-10(11-6-4-3-5-7-11)19-14-13-12(17-9-18-14)8-16-15(20-13)23(2,21)22/h3-10H,1-2H3,(H,17,18,19)/t10-/m1/s1. The number of rotatable bonds is 4. The van der Waals surface area contributed by atoms with Gasteiger partial charge >= 0.3 is 0 Å². The van der Waals surface area contributed by atoms with E-state index in [-0.39, 0.29) is 11.2 Å². The van der Waals surface area contributed by atoms with Crippen molar-refractivity contribution >= 4 is 26.7 Å². The lowest BCUT2D eigenvalue weighted by atomic mass is 10.1. The zero-order chi connectivity index (χ0) is 16.4. The fourth-order valence-electron chi connectivity index (χ4n) is 2.15. The van der Waals surface area contributed by atoms with Gasteiger partial charge in [0.2, 0.25) is 15.0 Å². The minimum atomic E-state index is -3.50. The smallest absolute Gasteiger partial charge is 0.247 e. The van der Waals surface area contributed by atoms with Gasteiger partial charge in [-0.05, 0) is 12.5 Å². The molecule has 2 heterocycles. The maximum Gasteiger partial charge on any atom is 0.247 e. The molecule has 1 N–H and O–H groups in total. The first-order valence-electron chi connectivity index (χ1n) is 6.94. The second-order valence-electron chi connectivity index (χ2n) is 5.16. The van der Waals surface area contributed by atoms with Gasteiger partial charge < -0.3 is 5.32 Å². The summed E-state index contributed by atoms with van der Waals surface area (Å²) in [5.74, 6) is 0.471. The van der Waals surface area contributed by atoms with Crippen molar-refractivity contribution in [2.45, 2.75) is 18.1 Å². The van der Waals surface area contributed by atoms with Gasteiger partial charge in [-0.15, -0.1) is 0 Å². The molecule has 0 unspecified atom stereocenters. The molecule has 0 aliphatic rings. The summed E-state index contributed by atoms with van der Waals surface area (Å²) < 4.78 is 23.3. The summed E-state index contributed by atoms with van der Waals surface area (Å²) in [5.41, 5.74) is 1.94. The Balaban J connectivity index is 2.03. The highest BCUT2D eigenvalue weighted by molar-refractivity contribution is 7.90. The normalized spacial score (nSPS) is 13.0. The average molecular weight is 329 g/mol. The maximum atomic E-state index is 11.6. The van der Waals surface area contributed by atoms with E-state index in [4.69, 9.17) is 0 Å². The quantitative estimate of drug-likeness (QED) is 0.731. The van der Waals surface area contributed by atoms with Crippen molar-refractivity contribution in [3.05, 3.63) is 48.4 Å². The van der Waals surface area contributed by atoms with Crippen LogP contribution in [0.2, 0.25) is 0 Å². The number of nitrogens with zero attached hydrogens (tertiary/aromatic N) is 4. The van der Waals surface area contributed by atoms with E-state index >= 15 is 0 Å². The highest BCUT2D eigenvalue weighted by Crippen LogP contribution is 2.22. The van der Waals surface area contributed by atoms with Gasteiger partial charge in [0.1, 0.15) is 17.4 Å². The van der Waals surface area contributed by atoms with Gasteiger partial charge in [-0.1, -0.05) is 30.3 Å². The largest absolute Gasteiger partial charge is 0.362 e. The SMILES string of the molecule is C[C@@H](Nc1ncnc2cnc(S(C)(=O)=O)nc12)c1ccccc1. The van der Waals surface area contributed by atoms with Crippen LogP contribution in [0.25, 0.3) is 11.0 Å². The van der Waals surface area contributed by atoms with Crippen LogP contribution in [0.1, 0.15) is 18.5 Å². The molecule has 0 spiro atoms. The molecule has 0 saturated heterocycles. The molecular weight excluding hydrogens is 314 g/mol. The monoisotopic (exact) mass is 329 g/mol. The van der Waals surface area contributed by atoms with Crippen LogP contribution in [0.5, 0.6) is 0 Å². The van der Waals surface area contributed by atoms with Crippen LogP contribution in [0.4, 0.5) is 5.82 Å². The van der Waals surface area contributed by atoms with Gasteiger partial charge in [0.15, 0.2) is 5.82 Å². The zero-order valence-electron chi connectivity index (χ0n) is 12.6. The van der Waals surface area contributed by atoms with Gasteiger partial charge in [-0.25, -0.2) is 28.4 Å². The number of anilines is 1. The van der Waals surface area contributed by atoms with Crippen molar-refractivity contribution < 1.29 is 8.42 Å². The van der Waals surface area contributed by atoms with E-state index in [0.29, 0.717) is 16.9 Å². The van der Waals surface area contributed by atoms with E-state index in [1.165, 1.54) is 12.5 Å². The Kier molecular flexibility index (Phi) is 3.91. The van der Waals surface area contributed by atoms with Gasteiger partial charge in [0.25, 0.3) is 0 Å². The summed E-state index contributed by atoms with van der Waals surface area (Å²) >= 11 is 0. The number of benzene rings is 1. The summed E-state index contributed by atoms with van der Waals surface area (Å²) in [6.45, 7) is 1.99. The van der Waals surface area contributed by atoms with Crippen LogP contribution in [-0.2, 0) is 9.84 Å². The fraction of sp³-hybridized carbons (Fsp3) is 0.200. The van der Waals surface area contributed by atoms with E-state index in [1.807, 2.05) is 37.3 Å². The molecule has 7 nitrogen and oxygen atoms in total. The Morgan fingerprint density at radius 1 is 1.09 bits per heavy atom. The van der Waals surface area contributed by atoms with Crippen molar-refractivity contribution in [3.8, 4) is 0 Å². The summed E-state index contributed by atoms with van der Waals surface area (Å²) in [6, 6.07) is 9.83. The molecule has 3 rings (SSSR count). The Hall–Kier alpha value is -2.61. The third kappa shape index (κ3) is 3.26. The molecule has 0 amide bonds. The van der Waals surface area contributed by atoms with Crippen LogP contribution < -0.4 is 5.32 Å². The summed E-state index contributed by atoms with van der Waals surface area (Å²) in [7, 11) is -3.50. The van der Waals surface area contributed by atoms with Crippen molar-refractivity contribution in [3.63, 3.8) is 0 Å². The Labute approximate surface area is 133 Å². The molecule has 1 aromatic carbocycles. The highest BCUT2D eigenvalue weighted by atomic mass is 32.2. The Bertz CT molecular complexity index is 944. The molecule has 23 heavy (non-hydrogen) atoms. The molecule has 0 aliphatic heterocycles. The second kappa shape index (κ2) is 5.88. The van der Waals surface area contributed by atoms with Gasteiger partial charge in [-0.3, -0.25) is 0 Å². The molecule has 8 heteroatoms. The first-order valence-corrected chi connectivity index (χ1v) is 8.83. The third-order valence-electron chi connectivity index (χ3n) is 3.34. The Morgan fingerprint density at radius 2 is 1.83 bits per heavy atom. The van der Waals surface area contributed by atoms with Crippen molar-refractivity contribution in [2.24, 2.45) is 0 Å². The summed E-state index contributed by atoms with van der Waals surface area (Å²) in [5, 5.41) is 3.00. The van der Waals surface area contributed by atoms with E-state index in [2.05, 4.69) is 25.3 Å². The summed E-state index contributed by atoms with van der Waals surface area (Å²) in [4.78, 5) is 16.2. The lowest BCUT2D eigenvalue weighted by Gasteiger charge is -2.15. The van der Waals surface area contributed by atoms with Gasteiger partial charge in [0.05, 0.1) is 12.2 Å². The summed E-state index contributed by atoms with van der Waals surface area (Å²) in [6.07, 6.45) is 3.85. The van der Waals surface area contributed by atoms with Gasteiger partial charge in [0, 0.05) is 6.26 Å². The zero-order valence-corrected chi connectivity index (χ0v) is 13.4. The van der Waals surface area contributed by atoms with Crippen LogP contribution in [0.3, 0.4) is 0 Å². The molecule has 0 saturated carbocycles. The van der Waals surface area contributed by atoms with E-state index in [1.54, 1.807) is 0 Å². The minimum absolute atomic E-state index is 0.0223. The fourth-order valence-corrected chi connectivity index (χ4v) is 2.65. The topological polar surface area (TPSA) is 97.7 Å². The maximum absolute atomic E-state index is 11.6.